The van der Waals surface area contributed by atoms with Crippen LogP contribution in [-0.2, 0) is 84.6 Å². The first-order chi connectivity index (χ1) is 42.9. The van der Waals surface area contributed by atoms with E-state index < -0.39 is 168 Å². The first-order valence-electron chi connectivity index (χ1n) is 27.6. The molecule has 512 valence electrons. The molecule has 3 heterocycles. The van der Waals surface area contributed by atoms with Gasteiger partial charge in [-0.15, -0.1) is 0 Å². The SMILES string of the molecule is CCc1ccc(-c2ccc(Cl)c3c(N(C(=O)CC(C)(C)c4c(C)cc(C(=O)NCCC(=O)O)cc4OP(=O)(O)O)S(C)=O)nn(CC(F)(F)F)c23)c(C(Cc2cc(F)cc(F)c2)NC(=O)Cn2nc(C(F)(F)F)c3c2C(F)(F)[C@H](C)C3)n1.CO.CSC(C)(C)C.O=CO. The summed E-state index contributed by atoms with van der Waals surface area (Å²) in [6.07, 6.45) is -9.70. The number of halogens is 11. The predicted octanol–water partition coefficient (Wildman–Crippen LogP) is 11.2. The molecule has 3 amide bonds. The van der Waals surface area contributed by atoms with Crippen molar-refractivity contribution in [3.63, 3.8) is 0 Å². The lowest BCUT2D eigenvalue weighted by Gasteiger charge is -2.31. The molecule has 7 rings (SSSR count). The van der Waals surface area contributed by atoms with Gasteiger partial charge >= 0.3 is 26.1 Å². The summed E-state index contributed by atoms with van der Waals surface area (Å²) in [5.74, 6) is -13.6. The fraction of sp³-hybridized carbons (Fsp3) is 0.448. The molecule has 1 aliphatic carbocycles. The van der Waals surface area contributed by atoms with Crippen molar-refractivity contribution >= 4 is 89.1 Å². The number of alkyl halides is 8. The van der Waals surface area contributed by atoms with Gasteiger partial charge in [0.05, 0.1) is 34.1 Å². The van der Waals surface area contributed by atoms with E-state index in [2.05, 4.69) is 52.8 Å². The molecule has 1 aliphatic rings. The van der Waals surface area contributed by atoms with Crippen LogP contribution in [0.25, 0.3) is 22.0 Å². The van der Waals surface area contributed by atoms with E-state index in [1.54, 1.807) is 6.92 Å². The number of hydrogen-bond donors (Lipinski definition) is 7. The van der Waals surface area contributed by atoms with E-state index in [0.29, 0.717) is 19.8 Å². The lowest BCUT2D eigenvalue weighted by Crippen LogP contribution is -2.37. The number of amides is 3. The summed E-state index contributed by atoms with van der Waals surface area (Å²) >= 11 is 8.69. The monoisotopic (exact) mass is 1400 g/mol. The zero-order valence-electron chi connectivity index (χ0n) is 51.7. The van der Waals surface area contributed by atoms with E-state index in [-0.39, 0.29) is 73.9 Å². The normalized spacial score (nSPS) is 14.4. The van der Waals surface area contributed by atoms with E-state index in [1.807, 2.05) is 11.8 Å². The number of pyridine rings is 1. The maximum absolute atomic E-state index is 15.6. The number of carbonyl (C=O) groups excluding carboxylic acids is 3. The molecule has 0 aliphatic heterocycles. The Kier molecular flexibility index (Phi) is 26.4. The van der Waals surface area contributed by atoms with Gasteiger partial charge in [-0.05, 0) is 80.0 Å². The number of aliphatic hydroxyl groups excluding tert-OH is 1. The quantitative estimate of drug-likeness (QED) is 0.0212. The third kappa shape index (κ3) is 20.4. The number of hydrogen-bond acceptors (Lipinski definition) is 13. The number of nitrogens with one attached hydrogen (secondary N) is 2. The number of phosphoric ester groups is 1. The number of fused-ring (bicyclic) bond motifs is 2. The van der Waals surface area contributed by atoms with Gasteiger partial charge in [0.2, 0.25) is 11.8 Å². The number of benzene rings is 3. The third-order valence-corrected chi connectivity index (χ3v) is 16.7. The topological polar surface area (TPSA) is 306 Å². The highest BCUT2D eigenvalue weighted by Gasteiger charge is 2.54. The van der Waals surface area contributed by atoms with Crippen LogP contribution >= 0.6 is 31.2 Å². The third-order valence-electron chi connectivity index (χ3n) is 13.8. The Morgan fingerprint density at radius 3 is 2.05 bits per heavy atom. The Labute approximate surface area is 538 Å². The number of aliphatic carboxylic acids is 1. The lowest BCUT2D eigenvalue weighted by atomic mass is 9.78. The molecule has 0 saturated carbocycles. The summed E-state index contributed by atoms with van der Waals surface area (Å²) in [6.45, 7) is 9.63. The number of carbonyl (C=O) groups is 5. The summed E-state index contributed by atoms with van der Waals surface area (Å²) < 4.78 is 180. The van der Waals surface area contributed by atoms with E-state index in [4.69, 9.17) is 36.2 Å². The molecule has 0 spiro atoms. The number of carboxylic acid groups (broad SMARTS) is 2. The van der Waals surface area contributed by atoms with E-state index in [1.165, 1.54) is 45.0 Å². The van der Waals surface area contributed by atoms with Crippen LogP contribution < -0.4 is 19.5 Å². The smallest absolute Gasteiger partial charge is 0.483 e. The molecule has 0 radical (unpaired) electrons. The molecule has 3 atom stereocenters. The van der Waals surface area contributed by atoms with Crippen molar-refractivity contribution in [2.45, 2.75) is 135 Å². The number of rotatable bonds is 20. The van der Waals surface area contributed by atoms with Crippen LogP contribution in [0.3, 0.4) is 0 Å². The van der Waals surface area contributed by atoms with Gasteiger partial charge in [-0.2, -0.15) is 57.1 Å². The molecule has 93 heavy (non-hydrogen) atoms. The van der Waals surface area contributed by atoms with Crippen molar-refractivity contribution in [2.24, 2.45) is 5.92 Å². The highest BCUT2D eigenvalue weighted by Crippen LogP contribution is 2.51. The van der Waals surface area contributed by atoms with Crippen LogP contribution in [0, 0.1) is 24.5 Å². The first-order valence-corrected chi connectivity index (χ1v) is 32.2. The fourth-order valence-corrected chi connectivity index (χ4v) is 11.4. The maximum atomic E-state index is 15.6. The minimum absolute atomic E-state index is 0.0915. The van der Waals surface area contributed by atoms with Gasteiger partial charge < -0.3 is 30.5 Å². The highest BCUT2D eigenvalue weighted by molar-refractivity contribution is 7.99. The lowest BCUT2D eigenvalue weighted by molar-refractivity contribution is -0.143. The Morgan fingerprint density at radius 2 is 1.54 bits per heavy atom. The minimum atomic E-state index is -5.45. The van der Waals surface area contributed by atoms with Crippen LogP contribution in [0.1, 0.15) is 123 Å². The van der Waals surface area contributed by atoms with E-state index >= 15 is 8.78 Å². The number of aromatic nitrogens is 5. The molecule has 7 N–H and O–H groups in total. The molecule has 0 saturated heterocycles. The summed E-state index contributed by atoms with van der Waals surface area (Å²) in [5.41, 5.74) is -6.61. The summed E-state index contributed by atoms with van der Waals surface area (Å²) in [5, 5.41) is 34.4. The molecule has 6 aromatic rings. The molecule has 21 nitrogen and oxygen atoms in total. The fourth-order valence-electron chi connectivity index (χ4n) is 10.0. The molecular weight excluding hydrogens is 1340 g/mol. The Hall–Kier alpha value is -7.16. The maximum Gasteiger partial charge on any atom is 0.524 e. The predicted molar refractivity (Wildman–Crippen MR) is 326 cm³/mol. The van der Waals surface area contributed by atoms with Crippen molar-refractivity contribution in [1.82, 2.24) is 35.2 Å². The number of aryl methyl sites for hydroxylation is 2. The summed E-state index contributed by atoms with van der Waals surface area (Å²) in [4.78, 5) is 85.9. The Bertz CT molecular complexity index is 3780. The highest BCUT2D eigenvalue weighted by atomic mass is 35.5. The second kappa shape index (κ2) is 31.4. The largest absolute Gasteiger partial charge is 0.524 e. The van der Waals surface area contributed by atoms with Crippen molar-refractivity contribution in [1.29, 1.82) is 0 Å². The molecule has 35 heteroatoms. The second-order valence-electron chi connectivity index (χ2n) is 22.4. The van der Waals surface area contributed by atoms with Gasteiger partial charge in [-0.3, -0.25) is 48.1 Å². The molecule has 3 aromatic heterocycles. The zero-order chi connectivity index (χ0) is 70.8. The van der Waals surface area contributed by atoms with Crippen LogP contribution in [-0.4, -0.2) is 121 Å². The van der Waals surface area contributed by atoms with E-state index in [9.17, 15) is 72.9 Å². The molecule has 3 aromatic carbocycles. The first kappa shape index (κ1) is 78.3. The number of aliphatic hydroxyl groups is 1. The standard InChI is InChI=1S/C51H50ClF10N8O10PS.C5H12S.CH2O2.CH4O/c1-7-30-8-9-31(42(64-30)35(18-26-16-28(53)20-29(54)17-26)65-37(71)22-68-45-33(15-25(3)50(45,58)59)44(66-68)51(60,61)62)32-10-11-34(52)40-43(32)69(23-49(55,56)57)67-46(40)70(82(6)79)38(72)21-48(4,5)41-24(2)14-27(19-36(41)80-81(76,77)78)47(75)63-13-12-39(73)74;1-5(2,3)6-4;2-1-3;1-2/h8-11,14,16-17,19-20,25,35H,7,12-13,15,18,21-23H2,1-6H3,(H,63,75)(H,65,71)(H,73,74)(H2,76,77,78);1-4H3;1H,(H,2,3);2H,1H3/t25-,35?,82?;;;/m1.../s1. The molecule has 0 fully saturated rings. The number of anilines is 1. The number of nitrogens with zero attached hydrogens (tertiary/aromatic N) is 6. The number of phosphoric acid groups is 1. The Morgan fingerprint density at radius 1 is 0.957 bits per heavy atom. The van der Waals surface area contributed by atoms with Gasteiger partial charge in [-0.25, -0.2) is 21.9 Å². The average Bonchev–Trinajstić information content (AvgIpc) is 1.62. The van der Waals surface area contributed by atoms with Crippen LogP contribution in [0.2, 0.25) is 5.02 Å². The molecule has 0 bridgehead atoms. The summed E-state index contributed by atoms with van der Waals surface area (Å²) in [7, 11) is -6.99. The molecular formula is C58H68ClF10N8O13PS2. The van der Waals surface area contributed by atoms with Gasteiger partial charge in [-0.1, -0.05) is 72.2 Å². The second-order valence-corrected chi connectivity index (χ2v) is 26.8. The van der Waals surface area contributed by atoms with Crippen molar-refractivity contribution in [3.8, 4) is 16.9 Å². The van der Waals surface area contributed by atoms with Gasteiger partial charge in [0.1, 0.15) is 47.2 Å². The summed E-state index contributed by atoms with van der Waals surface area (Å²) in [6, 6.07) is 7.89. The van der Waals surface area contributed by atoms with Gasteiger partial charge in [0, 0.05) is 82.0 Å². The van der Waals surface area contributed by atoms with Gasteiger partial charge in [0.15, 0.2) is 11.5 Å². The van der Waals surface area contributed by atoms with Crippen LogP contribution in [0.4, 0.5) is 49.7 Å². The van der Waals surface area contributed by atoms with Crippen molar-refractivity contribution in [2.75, 3.05) is 30.5 Å². The van der Waals surface area contributed by atoms with Crippen LogP contribution in [0.5, 0.6) is 5.75 Å². The van der Waals surface area contributed by atoms with Crippen LogP contribution in [0.15, 0.2) is 54.6 Å². The zero-order valence-corrected chi connectivity index (χ0v) is 55.0. The number of thioether (sulfide) groups is 1. The van der Waals surface area contributed by atoms with Crippen molar-refractivity contribution < 1.29 is 106 Å². The Balaban J connectivity index is 0.00000155. The van der Waals surface area contributed by atoms with E-state index in [0.717, 1.165) is 44.6 Å². The van der Waals surface area contributed by atoms with Gasteiger partial charge in [0.25, 0.3) is 18.3 Å². The average molecular weight is 1410 g/mol. The minimum Gasteiger partial charge on any atom is -0.483 e. The molecule has 2 unspecified atom stereocenters. The number of carboxylic acids is 1. The van der Waals surface area contributed by atoms with Crippen molar-refractivity contribution in [3.05, 3.63) is 122 Å².